The van der Waals surface area contributed by atoms with Crippen LogP contribution in [0, 0.1) is 11.6 Å². The molecule has 0 saturated heterocycles. The standard InChI is InChI=1S/C16H16BrF2N/c1-10(12-4-3-5-14(17)8-12)20-11(2)13-6-7-15(18)16(19)9-13/h3-11,20H,1-2H3. The van der Waals surface area contributed by atoms with Crippen molar-refractivity contribution in [1.29, 1.82) is 0 Å². The predicted octanol–water partition coefficient (Wildman–Crippen LogP) is 5.14. The minimum Gasteiger partial charge on any atom is -0.304 e. The second-order valence-electron chi connectivity index (χ2n) is 4.84. The summed E-state index contributed by atoms with van der Waals surface area (Å²) in [5.41, 5.74) is 1.86. The lowest BCUT2D eigenvalue weighted by Gasteiger charge is -2.21. The van der Waals surface area contributed by atoms with E-state index >= 15 is 0 Å². The zero-order chi connectivity index (χ0) is 14.7. The first-order valence-electron chi connectivity index (χ1n) is 6.44. The Bertz CT molecular complexity index is 601. The highest BCUT2D eigenvalue weighted by Crippen LogP contribution is 2.22. The second kappa shape index (κ2) is 6.46. The number of nitrogens with one attached hydrogen (secondary N) is 1. The fourth-order valence-corrected chi connectivity index (χ4v) is 2.54. The molecule has 0 saturated carbocycles. The van der Waals surface area contributed by atoms with Crippen LogP contribution in [0.1, 0.15) is 37.1 Å². The normalized spacial score (nSPS) is 14.1. The maximum Gasteiger partial charge on any atom is 0.159 e. The summed E-state index contributed by atoms with van der Waals surface area (Å²) in [5, 5.41) is 3.38. The molecule has 2 rings (SSSR count). The smallest absolute Gasteiger partial charge is 0.159 e. The summed E-state index contributed by atoms with van der Waals surface area (Å²) in [5.74, 6) is -1.63. The highest BCUT2D eigenvalue weighted by molar-refractivity contribution is 9.10. The van der Waals surface area contributed by atoms with Crippen molar-refractivity contribution in [2.45, 2.75) is 25.9 Å². The molecule has 0 aliphatic carbocycles. The zero-order valence-electron chi connectivity index (χ0n) is 11.3. The van der Waals surface area contributed by atoms with Crippen molar-refractivity contribution >= 4 is 15.9 Å². The summed E-state index contributed by atoms with van der Waals surface area (Å²) in [7, 11) is 0. The molecule has 1 N–H and O–H groups in total. The van der Waals surface area contributed by atoms with E-state index in [1.54, 1.807) is 6.07 Å². The topological polar surface area (TPSA) is 12.0 Å². The molecule has 0 spiro atoms. The molecule has 0 radical (unpaired) electrons. The van der Waals surface area contributed by atoms with Crippen LogP contribution in [0.3, 0.4) is 0 Å². The highest BCUT2D eigenvalue weighted by Gasteiger charge is 2.13. The maximum atomic E-state index is 13.2. The number of halogens is 3. The second-order valence-corrected chi connectivity index (χ2v) is 5.75. The quantitative estimate of drug-likeness (QED) is 0.813. The van der Waals surface area contributed by atoms with E-state index in [2.05, 4.69) is 21.2 Å². The van der Waals surface area contributed by atoms with Crippen LogP contribution in [0.4, 0.5) is 8.78 Å². The molecule has 4 heteroatoms. The maximum absolute atomic E-state index is 13.2. The summed E-state index contributed by atoms with van der Waals surface area (Å²) in [6.07, 6.45) is 0. The molecule has 2 aromatic rings. The van der Waals surface area contributed by atoms with E-state index in [-0.39, 0.29) is 12.1 Å². The SMILES string of the molecule is CC(NC(C)c1ccc(F)c(F)c1)c1cccc(Br)c1. The van der Waals surface area contributed by atoms with Crippen molar-refractivity contribution < 1.29 is 8.78 Å². The molecular weight excluding hydrogens is 324 g/mol. The Morgan fingerprint density at radius 1 is 0.900 bits per heavy atom. The summed E-state index contributed by atoms with van der Waals surface area (Å²) in [4.78, 5) is 0. The average molecular weight is 340 g/mol. The van der Waals surface area contributed by atoms with E-state index in [0.29, 0.717) is 0 Å². The molecule has 2 atom stereocenters. The summed E-state index contributed by atoms with van der Waals surface area (Å²) < 4.78 is 27.2. The van der Waals surface area contributed by atoms with E-state index in [4.69, 9.17) is 0 Å². The lowest BCUT2D eigenvalue weighted by Crippen LogP contribution is -2.22. The summed E-state index contributed by atoms with van der Waals surface area (Å²) in [6.45, 7) is 3.97. The number of hydrogen-bond acceptors (Lipinski definition) is 1. The van der Waals surface area contributed by atoms with E-state index in [9.17, 15) is 8.78 Å². The summed E-state index contributed by atoms with van der Waals surface area (Å²) in [6, 6.07) is 12.0. The predicted molar refractivity (Wildman–Crippen MR) is 80.5 cm³/mol. The van der Waals surface area contributed by atoms with Gasteiger partial charge in [-0.3, -0.25) is 0 Å². The third-order valence-corrected chi connectivity index (χ3v) is 3.79. The van der Waals surface area contributed by atoms with Crippen molar-refractivity contribution in [2.24, 2.45) is 0 Å². The van der Waals surface area contributed by atoms with Gasteiger partial charge in [-0.2, -0.15) is 0 Å². The molecule has 1 nitrogen and oxygen atoms in total. The van der Waals surface area contributed by atoms with Gasteiger partial charge in [0.05, 0.1) is 0 Å². The Labute approximate surface area is 126 Å². The Morgan fingerprint density at radius 3 is 2.15 bits per heavy atom. The van der Waals surface area contributed by atoms with Crippen molar-refractivity contribution in [1.82, 2.24) is 5.32 Å². The van der Waals surface area contributed by atoms with Gasteiger partial charge in [-0.15, -0.1) is 0 Å². The first-order valence-corrected chi connectivity index (χ1v) is 7.23. The largest absolute Gasteiger partial charge is 0.304 e. The van der Waals surface area contributed by atoms with Crippen molar-refractivity contribution in [2.75, 3.05) is 0 Å². The molecule has 106 valence electrons. The Hall–Kier alpha value is -1.26. The van der Waals surface area contributed by atoms with E-state index < -0.39 is 11.6 Å². The van der Waals surface area contributed by atoms with Crippen LogP contribution < -0.4 is 5.32 Å². The van der Waals surface area contributed by atoms with Gasteiger partial charge in [0.2, 0.25) is 0 Å². The lowest BCUT2D eigenvalue weighted by atomic mass is 10.0. The monoisotopic (exact) mass is 339 g/mol. The minimum absolute atomic E-state index is 0.0703. The van der Waals surface area contributed by atoms with Crippen molar-refractivity contribution in [3.63, 3.8) is 0 Å². The van der Waals surface area contributed by atoms with Crippen LogP contribution in [0.15, 0.2) is 46.9 Å². The molecule has 0 heterocycles. The van der Waals surface area contributed by atoms with Crippen LogP contribution in [0.2, 0.25) is 0 Å². The molecule has 0 aliphatic heterocycles. The molecular formula is C16H16BrF2N. The first-order chi connectivity index (χ1) is 9.47. The Kier molecular flexibility index (Phi) is 4.89. The van der Waals surface area contributed by atoms with Gasteiger partial charge in [0.1, 0.15) is 0 Å². The average Bonchev–Trinajstić information content (AvgIpc) is 2.41. The molecule has 0 bridgehead atoms. The zero-order valence-corrected chi connectivity index (χ0v) is 12.9. The van der Waals surface area contributed by atoms with Crippen LogP contribution in [-0.2, 0) is 0 Å². The Balaban J connectivity index is 2.10. The first kappa shape index (κ1) is 15.1. The third-order valence-electron chi connectivity index (χ3n) is 3.29. The van der Waals surface area contributed by atoms with Gasteiger partial charge in [0, 0.05) is 16.6 Å². The van der Waals surface area contributed by atoms with Crippen molar-refractivity contribution in [3.05, 3.63) is 69.7 Å². The summed E-state index contributed by atoms with van der Waals surface area (Å²) >= 11 is 3.44. The fraction of sp³-hybridized carbons (Fsp3) is 0.250. The third kappa shape index (κ3) is 3.64. The van der Waals surface area contributed by atoms with E-state index in [1.165, 1.54) is 6.07 Å². The molecule has 2 aromatic carbocycles. The van der Waals surface area contributed by atoms with Crippen LogP contribution >= 0.6 is 15.9 Å². The number of hydrogen-bond donors (Lipinski definition) is 1. The van der Waals surface area contributed by atoms with Gasteiger partial charge in [-0.1, -0.05) is 34.1 Å². The molecule has 0 amide bonds. The van der Waals surface area contributed by atoms with Crippen molar-refractivity contribution in [3.8, 4) is 0 Å². The van der Waals surface area contributed by atoms with Gasteiger partial charge < -0.3 is 5.32 Å². The van der Waals surface area contributed by atoms with E-state index in [1.807, 2.05) is 38.1 Å². The van der Waals surface area contributed by atoms with Crippen LogP contribution in [0.5, 0.6) is 0 Å². The van der Waals surface area contributed by atoms with Crippen LogP contribution in [0.25, 0.3) is 0 Å². The number of rotatable bonds is 4. The van der Waals surface area contributed by atoms with Gasteiger partial charge in [-0.05, 0) is 49.2 Å². The number of benzene rings is 2. The molecule has 2 unspecified atom stereocenters. The molecule has 0 aromatic heterocycles. The highest BCUT2D eigenvalue weighted by atomic mass is 79.9. The fourth-order valence-electron chi connectivity index (χ4n) is 2.13. The van der Waals surface area contributed by atoms with Gasteiger partial charge in [-0.25, -0.2) is 8.78 Å². The molecule has 0 aliphatic rings. The van der Waals surface area contributed by atoms with Crippen LogP contribution in [-0.4, -0.2) is 0 Å². The lowest BCUT2D eigenvalue weighted by molar-refractivity contribution is 0.480. The van der Waals surface area contributed by atoms with Gasteiger partial charge in [0.15, 0.2) is 11.6 Å². The minimum atomic E-state index is -0.819. The Morgan fingerprint density at radius 2 is 1.55 bits per heavy atom. The molecule has 0 fully saturated rings. The van der Waals surface area contributed by atoms with Gasteiger partial charge in [0.25, 0.3) is 0 Å². The van der Waals surface area contributed by atoms with E-state index in [0.717, 1.165) is 21.7 Å². The van der Waals surface area contributed by atoms with Gasteiger partial charge >= 0.3 is 0 Å². The molecule has 20 heavy (non-hydrogen) atoms.